The molecule has 0 spiro atoms. The topological polar surface area (TPSA) is 172 Å². The van der Waals surface area contributed by atoms with Crippen LogP contribution in [0.3, 0.4) is 0 Å². The lowest BCUT2D eigenvalue weighted by Crippen LogP contribution is -2.36. The minimum Gasteiger partial charge on any atom is -0.390 e. The van der Waals surface area contributed by atoms with E-state index >= 15 is 0 Å². The number of rotatable bonds is 7. The number of amides is 1. The molecule has 12 nitrogen and oxygen atoms in total. The molecule has 1 amide bonds. The molecule has 0 radical (unpaired) electrons. The van der Waals surface area contributed by atoms with Crippen LogP contribution in [0.15, 0.2) is 42.6 Å². The Morgan fingerprint density at radius 1 is 1.20 bits per heavy atom. The van der Waals surface area contributed by atoms with Crippen LogP contribution in [0, 0.1) is 5.92 Å². The van der Waals surface area contributed by atoms with E-state index in [0.29, 0.717) is 30.1 Å². The molecule has 35 heavy (non-hydrogen) atoms. The van der Waals surface area contributed by atoms with Crippen LogP contribution in [0.2, 0.25) is 0 Å². The van der Waals surface area contributed by atoms with Crippen molar-refractivity contribution in [1.82, 2.24) is 14.6 Å². The SMILES string of the molecule is NS(=O)(=O)OC[C@H]1C[C@@H](Nc2ccnc3cc(-c4cccc(N5CCCC5=O)c4)nn23)[C@H](O)[C@@H]1O. The van der Waals surface area contributed by atoms with E-state index in [1.54, 1.807) is 21.7 Å². The number of carbonyl (C=O) groups is 1. The Labute approximate surface area is 201 Å². The molecule has 1 saturated heterocycles. The highest BCUT2D eigenvalue weighted by molar-refractivity contribution is 7.84. The van der Waals surface area contributed by atoms with Crippen LogP contribution in [0.25, 0.3) is 16.9 Å². The second-order valence-electron chi connectivity index (χ2n) is 8.83. The average molecular weight is 503 g/mol. The van der Waals surface area contributed by atoms with Crippen molar-refractivity contribution in [1.29, 1.82) is 0 Å². The van der Waals surface area contributed by atoms with Gasteiger partial charge in [-0.25, -0.2) is 10.1 Å². The number of benzene rings is 1. The summed E-state index contributed by atoms with van der Waals surface area (Å²) in [5.74, 6) is 0.0224. The van der Waals surface area contributed by atoms with Crippen molar-refractivity contribution in [2.75, 3.05) is 23.4 Å². The number of nitrogens with zero attached hydrogens (tertiary/aromatic N) is 4. The van der Waals surface area contributed by atoms with Gasteiger partial charge in [-0.15, -0.1) is 0 Å². The zero-order valence-corrected chi connectivity index (χ0v) is 19.5. The first-order valence-corrected chi connectivity index (χ1v) is 12.7. The van der Waals surface area contributed by atoms with Crippen LogP contribution in [0.1, 0.15) is 19.3 Å². The molecule has 1 aromatic carbocycles. The summed E-state index contributed by atoms with van der Waals surface area (Å²) >= 11 is 0. The number of nitrogens with two attached hydrogens (primary N) is 1. The highest BCUT2D eigenvalue weighted by Gasteiger charge is 2.42. The van der Waals surface area contributed by atoms with Crippen LogP contribution < -0.4 is 15.4 Å². The molecule has 1 aliphatic heterocycles. The summed E-state index contributed by atoms with van der Waals surface area (Å²) in [5, 5.41) is 33.6. The maximum Gasteiger partial charge on any atom is 0.333 e. The van der Waals surface area contributed by atoms with Gasteiger partial charge in [0.05, 0.1) is 24.4 Å². The van der Waals surface area contributed by atoms with Crippen LogP contribution in [-0.4, -0.2) is 70.5 Å². The van der Waals surface area contributed by atoms with Gasteiger partial charge < -0.3 is 20.4 Å². The fourth-order valence-electron chi connectivity index (χ4n) is 4.70. The summed E-state index contributed by atoms with van der Waals surface area (Å²) in [6, 6.07) is 10.5. The lowest BCUT2D eigenvalue weighted by molar-refractivity contribution is -0.117. The molecule has 4 atom stereocenters. The van der Waals surface area contributed by atoms with Crippen LogP contribution in [-0.2, 0) is 19.3 Å². The molecule has 186 valence electrons. The number of aliphatic hydroxyl groups is 2. The van der Waals surface area contributed by atoms with Gasteiger partial charge in [0.1, 0.15) is 11.9 Å². The Morgan fingerprint density at radius 3 is 2.77 bits per heavy atom. The highest BCUT2D eigenvalue weighted by atomic mass is 32.2. The lowest BCUT2D eigenvalue weighted by Gasteiger charge is -2.19. The largest absolute Gasteiger partial charge is 0.390 e. The minimum atomic E-state index is -4.15. The Bertz CT molecular complexity index is 1360. The molecule has 1 saturated carbocycles. The zero-order chi connectivity index (χ0) is 24.7. The molecule has 3 aromatic rings. The number of aromatic nitrogens is 3. The molecule has 2 fully saturated rings. The zero-order valence-electron chi connectivity index (χ0n) is 18.7. The summed E-state index contributed by atoms with van der Waals surface area (Å²) in [4.78, 5) is 18.3. The second kappa shape index (κ2) is 9.17. The summed E-state index contributed by atoms with van der Waals surface area (Å²) in [7, 11) is -4.15. The van der Waals surface area contributed by atoms with E-state index in [9.17, 15) is 23.4 Å². The van der Waals surface area contributed by atoms with Crippen molar-refractivity contribution in [3.8, 4) is 11.3 Å². The fraction of sp³-hybridized carbons (Fsp3) is 0.409. The third-order valence-corrected chi connectivity index (χ3v) is 6.93. The predicted octanol–water partition coefficient (Wildman–Crippen LogP) is 0.265. The molecular weight excluding hydrogens is 476 g/mol. The van der Waals surface area contributed by atoms with Crippen molar-refractivity contribution >= 4 is 33.4 Å². The van der Waals surface area contributed by atoms with Gasteiger partial charge in [0.25, 0.3) is 0 Å². The van der Waals surface area contributed by atoms with E-state index in [1.807, 2.05) is 30.3 Å². The van der Waals surface area contributed by atoms with Crippen LogP contribution in [0.4, 0.5) is 11.5 Å². The maximum absolute atomic E-state index is 12.1. The highest BCUT2D eigenvalue weighted by Crippen LogP contribution is 2.31. The first-order chi connectivity index (χ1) is 16.7. The second-order valence-corrected chi connectivity index (χ2v) is 10.1. The number of hydrogen-bond donors (Lipinski definition) is 4. The third-order valence-electron chi connectivity index (χ3n) is 6.47. The summed E-state index contributed by atoms with van der Waals surface area (Å²) in [6.45, 7) is 0.366. The molecule has 13 heteroatoms. The van der Waals surface area contributed by atoms with E-state index < -0.39 is 34.5 Å². The van der Waals surface area contributed by atoms with Crippen molar-refractivity contribution in [2.24, 2.45) is 11.1 Å². The quantitative estimate of drug-likeness (QED) is 0.354. The molecule has 1 aliphatic carbocycles. The summed E-state index contributed by atoms with van der Waals surface area (Å²) in [5.41, 5.74) is 2.88. The smallest absolute Gasteiger partial charge is 0.333 e. The Kier molecular flexibility index (Phi) is 6.19. The normalized spacial score (nSPS) is 25.0. The lowest BCUT2D eigenvalue weighted by atomic mass is 10.1. The number of anilines is 2. The molecule has 0 bridgehead atoms. The van der Waals surface area contributed by atoms with E-state index in [2.05, 4.69) is 19.6 Å². The van der Waals surface area contributed by atoms with Gasteiger partial charge in [0, 0.05) is 42.4 Å². The molecule has 0 unspecified atom stereocenters. The molecule has 5 rings (SSSR count). The van der Waals surface area contributed by atoms with Gasteiger partial charge >= 0.3 is 10.3 Å². The van der Waals surface area contributed by atoms with E-state index in [1.165, 1.54) is 0 Å². The first-order valence-electron chi connectivity index (χ1n) is 11.2. The Morgan fingerprint density at radius 2 is 2.03 bits per heavy atom. The van der Waals surface area contributed by atoms with Gasteiger partial charge in [-0.3, -0.25) is 8.98 Å². The van der Waals surface area contributed by atoms with Crippen LogP contribution >= 0.6 is 0 Å². The van der Waals surface area contributed by atoms with Crippen molar-refractivity contribution in [2.45, 2.75) is 37.5 Å². The number of aliphatic hydroxyl groups excluding tert-OH is 2. The molecule has 3 heterocycles. The number of fused-ring (bicyclic) bond motifs is 1. The fourth-order valence-corrected chi connectivity index (χ4v) is 5.07. The maximum atomic E-state index is 12.1. The summed E-state index contributed by atoms with van der Waals surface area (Å²) < 4.78 is 28.4. The molecular formula is C22H26N6O6S. The molecule has 2 aromatic heterocycles. The molecule has 2 aliphatic rings. The number of nitrogens with one attached hydrogen (secondary N) is 1. The molecule has 5 N–H and O–H groups in total. The predicted molar refractivity (Wildman–Crippen MR) is 127 cm³/mol. The first kappa shape index (κ1) is 23.6. The van der Waals surface area contributed by atoms with Gasteiger partial charge in [-0.05, 0) is 31.0 Å². The number of carbonyl (C=O) groups excluding carboxylic acids is 1. The van der Waals surface area contributed by atoms with Crippen molar-refractivity contribution < 1.29 is 27.6 Å². The van der Waals surface area contributed by atoms with E-state index in [-0.39, 0.29) is 18.9 Å². The minimum absolute atomic E-state index is 0.107. The van der Waals surface area contributed by atoms with Crippen LogP contribution in [0.5, 0.6) is 0 Å². The van der Waals surface area contributed by atoms with Gasteiger partial charge in [0.2, 0.25) is 5.91 Å². The van der Waals surface area contributed by atoms with Gasteiger partial charge in [-0.2, -0.15) is 18.0 Å². The standard InChI is InChI=1S/C22H26N6O6S/c23-35(32,33)34-12-14-10-17(22(31)21(14)30)25-18-6-7-24-19-11-16(26-28(18)19)13-3-1-4-15(9-13)27-8-2-5-20(27)29/h1,3-4,6-7,9,11,14,17,21-22,25,30-31H,2,5,8,10,12H2,(H2,23,32,33)/t14-,17-,21-,22+/m1/s1. The summed E-state index contributed by atoms with van der Waals surface area (Å²) in [6.07, 6.45) is 0.901. The van der Waals surface area contributed by atoms with E-state index in [4.69, 9.17) is 5.14 Å². The van der Waals surface area contributed by atoms with Crippen molar-refractivity contribution in [3.63, 3.8) is 0 Å². The van der Waals surface area contributed by atoms with Crippen molar-refractivity contribution in [3.05, 3.63) is 42.6 Å². The Hall–Kier alpha value is -3.10. The number of hydrogen-bond acceptors (Lipinski definition) is 9. The average Bonchev–Trinajstić information content (AvgIpc) is 3.52. The van der Waals surface area contributed by atoms with Gasteiger partial charge in [0.15, 0.2) is 5.65 Å². The monoisotopic (exact) mass is 502 g/mol. The van der Waals surface area contributed by atoms with E-state index in [0.717, 1.165) is 17.7 Å². The Balaban J connectivity index is 1.38. The van der Waals surface area contributed by atoms with Gasteiger partial charge in [-0.1, -0.05) is 12.1 Å². The third kappa shape index (κ3) is 4.86.